The highest BCUT2D eigenvalue weighted by atomic mass is 35.5. The van der Waals surface area contributed by atoms with E-state index in [2.05, 4.69) is 14.8 Å². The molecule has 1 saturated heterocycles. The number of rotatable bonds is 2. The molecule has 1 aromatic heterocycles. The average Bonchev–Trinajstić information content (AvgIpc) is 2.87. The predicted octanol–water partition coefficient (Wildman–Crippen LogP) is 3.26. The lowest BCUT2D eigenvalue weighted by molar-refractivity contribution is 0.624. The molecule has 0 N–H and O–H groups in total. The molecule has 6 heteroatoms. The molecular formula is C13H13ClFN3S. The molecule has 0 unspecified atom stereocenters. The van der Waals surface area contributed by atoms with Crippen molar-refractivity contribution in [2.75, 3.05) is 36.0 Å². The SMILES string of the molecule is Fc1ccc(N2CCN(c3nc(Cl)cs3)CC2)cc1. The zero-order valence-corrected chi connectivity index (χ0v) is 11.8. The third-order valence-electron chi connectivity index (χ3n) is 3.21. The van der Waals surface area contributed by atoms with Gasteiger partial charge in [-0.2, -0.15) is 0 Å². The van der Waals surface area contributed by atoms with Crippen LogP contribution in [-0.2, 0) is 0 Å². The van der Waals surface area contributed by atoms with Crippen molar-refractivity contribution in [1.29, 1.82) is 0 Å². The molecule has 0 spiro atoms. The highest BCUT2D eigenvalue weighted by molar-refractivity contribution is 7.14. The average molecular weight is 298 g/mol. The first-order valence-corrected chi connectivity index (χ1v) is 7.34. The van der Waals surface area contributed by atoms with Crippen LogP contribution < -0.4 is 9.80 Å². The van der Waals surface area contributed by atoms with Crippen LogP contribution in [0.25, 0.3) is 0 Å². The van der Waals surface area contributed by atoms with Gasteiger partial charge in [-0.15, -0.1) is 11.3 Å². The van der Waals surface area contributed by atoms with Crippen molar-refractivity contribution in [3.05, 3.63) is 40.6 Å². The van der Waals surface area contributed by atoms with Gasteiger partial charge in [0.1, 0.15) is 11.0 Å². The molecular weight excluding hydrogens is 285 g/mol. The molecule has 1 aromatic carbocycles. The molecule has 0 aliphatic carbocycles. The van der Waals surface area contributed by atoms with Crippen molar-refractivity contribution < 1.29 is 4.39 Å². The van der Waals surface area contributed by atoms with Crippen molar-refractivity contribution in [2.45, 2.75) is 0 Å². The molecule has 2 heterocycles. The monoisotopic (exact) mass is 297 g/mol. The molecule has 1 aliphatic rings. The molecule has 1 fully saturated rings. The fraction of sp³-hybridized carbons (Fsp3) is 0.308. The topological polar surface area (TPSA) is 19.4 Å². The van der Waals surface area contributed by atoms with Crippen LogP contribution in [0.4, 0.5) is 15.2 Å². The van der Waals surface area contributed by atoms with E-state index in [1.165, 1.54) is 12.1 Å². The number of anilines is 2. The van der Waals surface area contributed by atoms with E-state index < -0.39 is 0 Å². The maximum absolute atomic E-state index is 12.9. The summed E-state index contributed by atoms with van der Waals surface area (Å²) >= 11 is 7.42. The number of aromatic nitrogens is 1. The van der Waals surface area contributed by atoms with Gasteiger partial charge in [0.2, 0.25) is 0 Å². The van der Waals surface area contributed by atoms with Crippen molar-refractivity contribution >= 4 is 33.8 Å². The Morgan fingerprint density at radius 2 is 1.68 bits per heavy atom. The summed E-state index contributed by atoms with van der Waals surface area (Å²) in [5.41, 5.74) is 1.07. The van der Waals surface area contributed by atoms with Crippen molar-refractivity contribution in [1.82, 2.24) is 4.98 Å². The largest absolute Gasteiger partial charge is 0.368 e. The standard InChI is InChI=1S/C13H13ClFN3S/c14-12-9-19-13(16-12)18-7-5-17(6-8-18)11-3-1-10(15)2-4-11/h1-4,9H,5-8H2. The van der Waals surface area contributed by atoms with Crippen LogP contribution in [0.5, 0.6) is 0 Å². The first kappa shape index (κ1) is 12.7. The highest BCUT2D eigenvalue weighted by Crippen LogP contribution is 2.25. The summed E-state index contributed by atoms with van der Waals surface area (Å²) in [5.74, 6) is -0.195. The second kappa shape index (κ2) is 5.35. The molecule has 0 atom stereocenters. The van der Waals surface area contributed by atoms with Gasteiger partial charge < -0.3 is 9.80 Å². The van der Waals surface area contributed by atoms with Crippen LogP contribution in [0.3, 0.4) is 0 Å². The fourth-order valence-electron chi connectivity index (χ4n) is 2.20. The Morgan fingerprint density at radius 3 is 2.26 bits per heavy atom. The number of hydrogen-bond acceptors (Lipinski definition) is 4. The fourth-order valence-corrected chi connectivity index (χ4v) is 3.20. The Bertz CT molecular complexity index is 549. The predicted molar refractivity (Wildman–Crippen MR) is 78.0 cm³/mol. The summed E-state index contributed by atoms with van der Waals surface area (Å²) in [6, 6.07) is 6.65. The Kier molecular flexibility index (Phi) is 3.57. The number of benzene rings is 1. The second-order valence-corrected chi connectivity index (χ2v) is 5.63. The second-order valence-electron chi connectivity index (χ2n) is 4.40. The number of nitrogens with zero attached hydrogens (tertiary/aromatic N) is 3. The van der Waals surface area contributed by atoms with Gasteiger partial charge in [-0.05, 0) is 24.3 Å². The zero-order chi connectivity index (χ0) is 13.2. The molecule has 0 saturated carbocycles. The van der Waals surface area contributed by atoms with Crippen LogP contribution in [0.2, 0.25) is 5.15 Å². The Morgan fingerprint density at radius 1 is 1.05 bits per heavy atom. The van der Waals surface area contributed by atoms with Gasteiger partial charge >= 0.3 is 0 Å². The van der Waals surface area contributed by atoms with Gasteiger partial charge in [-0.3, -0.25) is 0 Å². The minimum Gasteiger partial charge on any atom is -0.368 e. The molecule has 19 heavy (non-hydrogen) atoms. The Labute approximate surface area is 120 Å². The van der Waals surface area contributed by atoms with Crippen LogP contribution in [0, 0.1) is 5.82 Å². The van der Waals surface area contributed by atoms with Crippen LogP contribution >= 0.6 is 22.9 Å². The lowest BCUT2D eigenvalue weighted by Gasteiger charge is -2.35. The minimum atomic E-state index is -0.195. The van der Waals surface area contributed by atoms with E-state index in [1.54, 1.807) is 11.3 Å². The van der Waals surface area contributed by atoms with Gasteiger partial charge in [0.05, 0.1) is 0 Å². The van der Waals surface area contributed by atoms with E-state index in [0.717, 1.165) is 37.0 Å². The molecule has 3 nitrogen and oxygen atoms in total. The lowest BCUT2D eigenvalue weighted by Crippen LogP contribution is -2.46. The number of hydrogen-bond donors (Lipinski definition) is 0. The van der Waals surface area contributed by atoms with E-state index in [1.807, 2.05) is 17.5 Å². The number of piperazine rings is 1. The maximum atomic E-state index is 12.9. The summed E-state index contributed by atoms with van der Waals surface area (Å²) < 4.78 is 12.9. The third-order valence-corrected chi connectivity index (χ3v) is 4.43. The quantitative estimate of drug-likeness (QED) is 0.848. The van der Waals surface area contributed by atoms with E-state index in [4.69, 9.17) is 11.6 Å². The number of halogens is 2. The maximum Gasteiger partial charge on any atom is 0.186 e. The summed E-state index contributed by atoms with van der Waals surface area (Å²) in [4.78, 5) is 8.77. The van der Waals surface area contributed by atoms with Gasteiger partial charge in [0.25, 0.3) is 0 Å². The van der Waals surface area contributed by atoms with Gasteiger partial charge in [0.15, 0.2) is 5.13 Å². The third kappa shape index (κ3) is 2.82. The molecule has 0 bridgehead atoms. The van der Waals surface area contributed by atoms with Crippen molar-refractivity contribution in [3.63, 3.8) is 0 Å². The summed E-state index contributed by atoms with van der Waals surface area (Å²) in [6.45, 7) is 3.62. The first-order chi connectivity index (χ1) is 9.22. The summed E-state index contributed by atoms with van der Waals surface area (Å²) in [7, 11) is 0. The normalized spacial score (nSPS) is 15.9. The Hall–Kier alpha value is -1.33. The molecule has 100 valence electrons. The highest BCUT2D eigenvalue weighted by Gasteiger charge is 2.19. The smallest absolute Gasteiger partial charge is 0.186 e. The molecule has 0 amide bonds. The number of thiazole rings is 1. The van der Waals surface area contributed by atoms with Crippen LogP contribution in [0.15, 0.2) is 29.6 Å². The van der Waals surface area contributed by atoms with Crippen LogP contribution in [0.1, 0.15) is 0 Å². The minimum absolute atomic E-state index is 0.195. The van der Waals surface area contributed by atoms with Crippen molar-refractivity contribution in [2.24, 2.45) is 0 Å². The zero-order valence-electron chi connectivity index (χ0n) is 10.2. The van der Waals surface area contributed by atoms with E-state index in [0.29, 0.717) is 5.15 Å². The van der Waals surface area contributed by atoms with E-state index in [9.17, 15) is 4.39 Å². The van der Waals surface area contributed by atoms with Crippen molar-refractivity contribution in [3.8, 4) is 0 Å². The van der Waals surface area contributed by atoms with E-state index in [-0.39, 0.29) is 5.82 Å². The molecule has 0 radical (unpaired) electrons. The summed E-state index contributed by atoms with van der Waals surface area (Å²) in [5, 5.41) is 3.38. The molecule has 2 aromatic rings. The van der Waals surface area contributed by atoms with E-state index >= 15 is 0 Å². The van der Waals surface area contributed by atoms with Crippen LogP contribution in [-0.4, -0.2) is 31.2 Å². The Balaban J connectivity index is 1.64. The van der Waals surface area contributed by atoms with Gasteiger partial charge in [-0.1, -0.05) is 11.6 Å². The molecule has 1 aliphatic heterocycles. The van der Waals surface area contributed by atoms with Gasteiger partial charge in [0, 0.05) is 37.2 Å². The summed E-state index contributed by atoms with van der Waals surface area (Å²) in [6.07, 6.45) is 0. The first-order valence-electron chi connectivity index (χ1n) is 6.09. The van der Waals surface area contributed by atoms with Gasteiger partial charge in [-0.25, -0.2) is 9.37 Å². The lowest BCUT2D eigenvalue weighted by atomic mass is 10.2. The molecule has 3 rings (SSSR count).